The molecule has 1 aromatic carbocycles. The molecule has 3 rings (SSSR count). The Hall–Kier alpha value is -2.37. The van der Waals surface area contributed by atoms with Crippen molar-refractivity contribution in [3.8, 4) is 5.75 Å². The molecule has 122 valence electrons. The summed E-state index contributed by atoms with van der Waals surface area (Å²) < 4.78 is 7.14. The van der Waals surface area contributed by atoms with Gasteiger partial charge in [0.25, 0.3) is 0 Å². The third-order valence-corrected chi connectivity index (χ3v) is 4.51. The second kappa shape index (κ2) is 7.47. The van der Waals surface area contributed by atoms with E-state index in [1.807, 2.05) is 35.7 Å². The van der Waals surface area contributed by atoms with Crippen LogP contribution in [0.2, 0.25) is 5.02 Å². The summed E-state index contributed by atoms with van der Waals surface area (Å²) in [6, 6.07) is 9.46. The van der Waals surface area contributed by atoms with Crippen molar-refractivity contribution in [2.75, 3.05) is 7.11 Å². The Morgan fingerprint density at radius 3 is 2.96 bits per heavy atom. The highest BCUT2D eigenvalue weighted by Crippen LogP contribution is 2.22. The summed E-state index contributed by atoms with van der Waals surface area (Å²) in [5, 5.41) is 6.66. The zero-order valence-corrected chi connectivity index (χ0v) is 14.6. The summed E-state index contributed by atoms with van der Waals surface area (Å²) in [5.41, 5.74) is 1.89. The highest BCUT2D eigenvalue weighted by atomic mass is 35.5. The summed E-state index contributed by atoms with van der Waals surface area (Å²) in [4.78, 5) is 12.8. The van der Waals surface area contributed by atoms with Crippen LogP contribution in [0.4, 0.5) is 0 Å². The lowest BCUT2D eigenvalue weighted by molar-refractivity contribution is 0.105. The lowest BCUT2D eigenvalue weighted by Crippen LogP contribution is -2.02. The van der Waals surface area contributed by atoms with Crippen LogP contribution in [0.3, 0.4) is 0 Å². The van der Waals surface area contributed by atoms with E-state index in [1.165, 1.54) is 11.3 Å². The predicted octanol–water partition coefficient (Wildman–Crippen LogP) is 4.55. The van der Waals surface area contributed by atoms with Gasteiger partial charge in [-0.05, 0) is 35.2 Å². The Labute approximate surface area is 149 Å². The maximum absolute atomic E-state index is 12.1. The minimum atomic E-state index is 0.00114. The van der Waals surface area contributed by atoms with Crippen molar-refractivity contribution >= 4 is 34.8 Å². The fourth-order valence-corrected chi connectivity index (χ4v) is 3.10. The fourth-order valence-electron chi connectivity index (χ4n) is 2.30. The number of nitrogens with zero attached hydrogens (tertiary/aromatic N) is 2. The van der Waals surface area contributed by atoms with E-state index < -0.39 is 0 Å². The number of hydrogen-bond acceptors (Lipinski definition) is 4. The molecule has 0 aliphatic rings. The van der Waals surface area contributed by atoms with E-state index in [0.29, 0.717) is 11.6 Å². The van der Waals surface area contributed by atoms with Gasteiger partial charge in [0.1, 0.15) is 5.75 Å². The number of thiophene rings is 1. The molecule has 0 amide bonds. The average Bonchev–Trinajstić information content (AvgIpc) is 3.25. The number of ketones is 1. The molecular formula is C18H15ClN2O2S. The van der Waals surface area contributed by atoms with Crippen molar-refractivity contribution in [3.05, 3.63) is 75.2 Å². The first-order chi connectivity index (χ1) is 11.7. The molecule has 2 heterocycles. The number of ether oxygens (including phenoxy) is 1. The Morgan fingerprint density at radius 2 is 2.29 bits per heavy atom. The molecule has 24 heavy (non-hydrogen) atoms. The third-order valence-electron chi connectivity index (χ3n) is 3.43. The molecule has 0 saturated carbocycles. The van der Waals surface area contributed by atoms with Crippen LogP contribution in [0.1, 0.15) is 20.8 Å². The van der Waals surface area contributed by atoms with Crippen LogP contribution in [0.15, 0.2) is 54.2 Å². The Kier molecular flexibility index (Phi) is 5.13. The molecule has 0 atom stereocenters. The van der Waals surface area contributed by atoms with Gasteiger partial charge in [-0.15, -0.1) is 11.3 Å². The Balaban J connectivity index is 1.81. The SMILES string of the molecule is COc1ccc(/C=C/C(=O)c2cccs2)cc1Cn1cc(Cl)cn1. The normalized spacial score (nSPS) is 11.1. The van der Waals surface area contributed by atoms with Crippen molar-refractivity contribution in [1.29, 1.82) is 0 Å². The first-order valence-electron chi connectivity index (χ1n) is 7.26. The molecule has 0 fully saturated rings. The number of hydrogen-bond donors (Lipinski definition) is 0. The van der Waals surface area contributed by atoms with E-state index in [9.17, 15) is 4.79 Å². The summed E-state index contributed by atoms with van der Waals surface area (Å²) in [7, 11) is 1.63. The predicted molar refractivity (Wildman–Crippen MR) is 97.0 cm³/mol. The zero-order chi connectivity index (χ0) is 16.9. The molecule has 0 unspecified atom stereocenters. The average molecular weight is 359 g/mol. The van der Waals surface area contributed by atoms with E-state index in [4.69, 9.17) is 16.3 Å². The van der Waals surface area contributed by atoms with Gasteiger partial charge in [-0.2, -0.15) is 5.10 Å². The number of aromatic nitrogens is 2. The van der Waals surface area contributed by atoms with E-state index in [-0.39, 0.29) is 5.78 Å². The first kappa shape index (κ1) is 16.5. The highest BCUT2D eigenvalue weighted by Gasteiger charge is 2.07. The van der Waals surface area contributed by atoms with Gasteiger partial charge in [-0.3, -0.25) is 9.48 Å². The van der Waals surface area contributed by atoms with Crippen molar-refractivity contribution in [1.82, 2.24) is 9.78 Å². The molecule has 0 spiro atoms. The highest BCUT2D eigenvalue weighted by molar-refractivity contribution is 7.12. The molecule has 2 aromatic heterocycles. The van der Waals surface area contributed by atoms with Crippen LogP contribution < -0.4 is 4.74 Å². The monoisotopic (exact) mass is 358 g/mol. The largest absolute Gasteiger partial charge is 0.496 e. The quantitative estimate of drug-likeness (QED) is 0.479. The van der Waals surface area contributed by atoms with E-state index in [2.05, 4.69) is 5.10 Å². The van der Waals surface area contributed by atoms with E-state index in [1.54, 1.807) is 36.3 Å². The fraction of sp³-hybridized carbons (Fsp3) is 0.111. The number of allylic oxidation sites excluding steroid dienone is 1. The molecular weight excluding hydrogens is 344 g/mol. The minimum Gasteiger partial charge on any atom is -0.496 e. The minimum absolute atomic E-state index is 0.00114. The van der Waals surface area contributed by atoms with Gasteiger partial charge in [-0.25, -0.2) is 0 Å². The summed E-state index contributed by atoms with van der Waals surface area (Å²) >= 11 is 7.34. The topological polar surface area (TPSA) is 44.1 Å². The van der Waals surface area contributed by atoms with Gasteiger partial charge < -0.3 is 4.74 Å². The van der Waals surface area contributed by atoms with Gasteiger partial charge in [-0.1, -0.05) is 29.8 Å². The van der Waals surface area contributed by atoms with Gasteiger partial charge in [0.2, 0.25) is 0 Å². The number of rotatable bonds is 6. The summed E-state index contributed by atoms with van der Waals surface area (Å²) in [5.74, 6) is 0.768. The summed E-state index contributed by atoms with van der Waals surface area (Å²) in [6.07, 6.45) is 6.74. The smallest absolute Gasteiger partial charge is 0.195 e. The molecule has 0 bridgehead atoms. The van der Waals surface area contributed by atoms with Crippen molar-refractivity contribution < 1.29 is 9.53 Å². The molecule has 3 aromatic rings. The van der Waals surface area contributed by atoms with Gasteiger partial charge >= 0.3 is 0 Å². The molecule has 0 radical (unpaired) electrons. The molecule has 0 saturated heterocycles. The van der Waals surface area contributed by atoms with Gasteiger partial charge in [0.05, 0.1) is 29.8 Å². The van der Waals surface area contributed by atoms with Crippen LogP contribution in [0.5, 0.6) is 5.75 Å². The standard InChI is InChI=1S/C18H15ClN2O2S/c1-23-17-7-5-13(4-6-16(22)18-3-2-8-24-18)9-14(17)11-21-12-15(19)10-20-21/h2-10,12H,11H2,1H3/b6-4+. The van der Waals surface area contributed by atoms with E-state index >= 15 is 0 Å². The number of methoxy groups -OCH3 is 1. The van der Waals surface area contributed by atoms with Crippen molar-refractivity contribution in [2.24, 2.45) is 0 Å². The molecule has 0 aliphatic carbocycles. The zero-order valence-electron chi connectivity index (χ0n) is 13.0. The number of carbonyl (C=O) groups is 1. The number of carbonyl (C=O) groups excluding carboxylic acids is 1. The van der Waals surface area contributed by atoms with E-state index in [0.717, 1.165) is 21.8 Å². The number of benzene rings is 1. The Bertz CT molecular complexity index is 869. The van der Waals surface area contributed by atoms with Crippen molar-refractivity contribution in [2.45, 2.75) is 6.54 Å². The molecule has 0 aliphatic heterocycles. The number of halogens is 1. The van der Waals surface area contributed by atoms with Crippen LogP contribution in [-0.2, 0) is 6.54 Å². The maximum atomic E-state index is 12.1. The van der Waals surface area contributed by atoms with Crippen LogP contribution in [0, 0.1) is 0 Å². The second-order valence-corrected chi connectivity index (χ2v) is 6.49. The van der Waals surface area contributed by atoms with Crippen LogP contribution in [0.25, 0.3) is 6.08 Å². The van der Waals surface area contributed by atoms with Gasteiger partial charge in [0, 0.05) is 11.8 Å². The van der Waals surface area contributed by atoms with Crippen LogP contribution in [-0.4, -0.2) is 22.7 Å². The maximum Gasteiger partial charge on any atom is 0.195 e. The van der Waals surface area contributed by atoms with Gasteiger partial charge in [0.15, 0.2) is 5.78 Å². The lowest BCUT2D eigenvalue weighted by Gasteiger charge is -2.09. The Morgan fingerprint density at radius 1 is 1.42 bits per heavy atom. The lowest BCUT2D eigenvalue weighted by atomic mass is 10.1. The first-order valence-corrected chi connectivity index (χ1v) is 8.52. The third kappa shape index (κ3) is 3.93. The second-order valence-electron chi connectivity index (χ2n) is 5.10. The molecule has 6 heteroatoms. The van der Waals surface area contributed by atoms with Crippen LogP contribution >= 0.6 is 22.9 Å². The molecule has 4 nitrogen and oxygen atoms in total. The molecule has 0 N–H and O–H groups in total. The summed E-state index contributed by atoms with van der Waals surface area (Å²) in [6.45, 7) is 0.538. The van der Waals surface area contributed by atoms with Crippen molar-refractivity contribution in [3.63, 3.8) is 0 Å².